The second-order valence-electron chi connectivity index (χ2n) is 12.4. The van der Waals surface area contributed by atoms with Gasteiger partial charge < -0.3 is 20.6 Å². The van der Waals surface area contributed by atoms with Gasteiger partial charge in [-0.2, -0.15) is 0 Å². The largest absolute Gasteiger partial charge is 0.394 e. The maximum atomic E-state index is 12.3. The summed E-state index contributed by atoms with van der Waals surface area (Å²) in [5.41, 5.74) is 0. The zero-order valence-corrected chi connectivity index (χ0v) is 27.0. The van der Waals surface area contributed by atoms with Crippen molar-refractivity contribution in [2.45, 2.75) is 212 Å². The molecule has 0 aliphatic rings. The number of aliphatic hydroxyl groups excluding tert-OH is 3. The van der Waals surface area contributed by atoms with Gasteiger partial charge in [0.25, 0.3) is 0 Å². The smallest absolute Gasteiger partial charge is 0.220 e. The predicted octanol–water partition coefficient (Wildman–Crippen LogP) is 9.15. The lowest BCUT2D eigenvalue weighted by Gasteiger charge is -2.26. The van der Waals surface area contributed by atoms with Crippen molar-refractivity contribution in [2.75, 3.05) is 6.61 Å². The second-order valence-corrected chi connectivity index (χ2v) is 12.4. The molecular weight excluding hydrogens is 498 g/mol. The van der Waals surface area contributed by atoms with Crippen molar-refractivity contribution >= 4 is 5.91 Å². The van der Waals surface area contributed by atoms with Crippen LogP contribution in [0.1, 0.15) is 194 Å². The average molecular weight is 570 g/mol. The van der Waals surface area contributed by atoms with Crippen LogP contribution in [0.15, 0.2) is 0 Å². The first kappa shape index (κ1) is 39.4. The van der Waals surface area contributed by atoms with Gasteiger partial charge in [-0.1, -0.05) is 174 Å². The van der Waals surface area contributed by atoms with E-state index in [1.165, 1.54) is 135 Å². The molecule has 3 atom stereocenters. The van der Waals surface area contributed by atoms with Crippen LogP contribution in [-0.2, 0) is 4.79 Å². The molecule has 0 saturated heterocycles. The minimum atomic E-state index is -1.13. The molecule has 0 unspecified atom stereocenters. The molecule has 0 aliphatic heterocycles. The fourth-order valence-electron chi connectivity index (χ4n) is 5.63. The van der Waals surface area contributed by atoms with Gasteiger partial charge in [0.05, 0.1) is 18.8 Å². The van der Waals surface area contributed by atoms with Crippen LogP contribution in [0.3, 0.4) is 0 Å². The summed E-state index contributed by atoms with van der Waals surface area (Å²) in [5, 5.41) is 33.3. The molecule has 0 aromatic heterocycles. The van der Waals surface area contributed by atoms with E-state index in [1.807, 2.05) is 0 Å². The molecule has 0 heterocycles. The van der Waals surface area contributed by atoms with E-state index in [2.05, 4.69) is 19.2 Å². The Morgan fingerprint density at radius 2 is 0.850 bits per heavy atom. The molecule has 40 heavy (non-hydrogen) atoms. The Hall–Kier alpha value is -0.650. The molecule has 1 amide bonds. The summed E-state index contributed by atoms with van der Waals surface area (Å²) in [6, 6.07) is -0.799. The van der Waals surface area contributed by atoms with Gasteiger partial charge >= 0.3 is 0 Å². The van der Waals surface area contributed by atoms with Crippen LogP contribution in [0, 0.1) is 0 Å². The topological polar surface area (TPSA) is 89.8 Å². The van der Waals surface area contributed by atoms with Gasteiger partial charge in [-0.3, -0.25) is 4.79 Å². The van der Waals surface area contributed by atoms with Gasteiger partial charge in [-0.15, -0.1) is 0 Å². The van der Waals surface area contributed by atoms with E-state index in [4.69, 9.17) is 0 Å². The Kier molecular flexibility index (Phi) is 30.8. The molecule has 5 heteroatoms. The Balaban J connectivity index is 3.66. The lowest BCUT2D eigenvalue weighted by atomic mass is 9.99. The molecule has 0 radical (unpaired) electrons. The zero-order chi connectivity index (χ0) is 29.5. The van der Waals surface area contributed by atoms with E-state index in [9.17, 15) is 20.1 Å². The van der Waals surface area contributed by atoms with Crippen molar-refractivity contribution in [3.05, 3.63) is 0 Å². The molecule has 0 rings (SSSR count). The van der Waals surface area contributed by atoms with Crippen molar-refractivity contribution in [3.8, 4) is 0 Å². The van der Waals surface area contributed by atoms with Gasteiger partial charge in [0, 0.05) is 6.42 Å². The van der Waals surface area contributed by atoms with E-state index in [-0.39, 0.29) is 12.5 Å². The second kappa shape index (κ2) is 31.3. The summed E-state index contributed by atoms with van der Waals surface area (Å²) in [5.74, 6) is -0.146. The van der Waals surface area contributed by atoms with Crippen LogP contribution in [0.25, 0.3) is 0 Å². The highest BCUT2D eigenvalue weighted by Gasteiger charge is 2.26. The Labute approximate surface area is 249 Å². The van der Waals surface area contributed by atoms with E-state index < -0.39 is 18.2 Å². The van der Waals surface area contributed by atoms with Gasteiger partial charge in [0.1, 0.15) is 6.10 Å². The molecule has 0 bridgehead atoms. The standard InChI is InChI=1S/C35H71NO4/c1-3-5-7-9-11-13-15-16-17-18-19-20-21-23-25-27-29-33(38)35(40)32(31-37)36-34(39)30-28-26-24-22-14-12-10-8-6-4-2/h32-33,35,37-38,40H,3-31H2,1-2H3,(H,36,39)/t32-,33+,35-/m0/s1. The molecule has 0 aromatic carbocycles. The molecule has 0 aromatic rings. The maximum absolute atomic E-state index is 12.3. The number of unbranched alkanes of at least 4 members (excludes halogenated alkanes) is 24. The van der Waals surface area contributed by atoms with Crippen molar-refractivity contribution in [3.63, 3.8) is 0 Å². The van der Waals surface area contributed by atoms with Crippen molar-refractivity contribution in [1.29, 1.82) is 0 Å². The number of carbonyl (C=O) groups is 1. The first-order valence-corrected chi connectivity index (χ1v) is 17.8. The third-order valence-electron chi connectivity index (χ3n) is 8.46. The molecule has 4 N–H and O–H groups in total. The van der Waals surface area contributed by atoms with Crippen LogP contribution in [0.2, 0.25) is 0 Å². The number of amides is 1. The summed E-state index contributed by atoms with van der Waals surface area (Å²) >= 11 is 0. The third kappa shape index (κ3) is 26.3. The van der Waals surface area contributed by atoms with Crippen LogP contribution in [-0.4, -0.2) is 46.1 Å². The van der Waals surface area contributed by atoms with Crippen molar-refractivity contribution < 1.29 is 20.1 Å². The number of nitrogens with one attached hydrogen (secondary N) is 1. The monoisotopic (exact) mass is 570 g/mol. The highest BCUT2D eigenvalue weighted by Crippen LogP contribution is 2.16. The SMILES string of the molecule is CCCCCCCCCCCCCCCCCC[C@@H](O)[C@@H](O)[C@H](CO)NC(=O)CCCCCCCCCCCC. The zero-order valence-electron chi connectivity index (χ0n) is 27.0. The van der Waals surface area contributed by atoms with Crippen LogP contribution in [0.5, 0.6) is 0 Å². The molecule has 0 saturated carbocycles. The molecule has 0 aliphatic carbocycles. The summed E-state index contributed by atoms with van der Waals surface area (Å²) in [6.07, 6.45) is 31.9. The Morgan fingerprint density at radius 1 is 0.525 bits per heavy atom. The van der Waals surface area contributed by atoms with Crippen LogP contribution in [0.4, 0.5) is 0 Å². The van der Waals surface area contributed by atoms with Gasteiger partial charge in [0.2, 0.25) is 5.91 Å². The lowest BCUT2D eigenvalue weighted by molar-refractivity contribution is -0.124. The summed E-state index contributed by atoms with van der Waals surface area (Å²) in [7, 11) is 0. The fraction of sp³-hybridized carbons (Fsp3) is 0.971. The van der Waals surface area contributed by atoms with E-state index in [0.717, 1.165) is 32.1 Å². The molecule has 0 spiro atoms. The first-order chi connectivity index (χ1) is 19.6. The average Bonchev–Trinajstić information content (AvgIpc) is 2.96. The Morgan fingerprint density at radius 3 is 1.20 bits per heavy atom. The quantitative estimate of drug-likeness (QED) is 0.0608. The number of hydrogen-bond donors (Lipinski definition) is 4. The van der Waals surface area contributed by atoms with Crippen molar-refractivity contribution in [2.24, 2.45) is 0 Å². The summed E-state index contributed by atoms with van der Waals surface area (Å²) < 4.78 is 0. The van der Waals surface area contributed by atoms with E-state index in [1.54, 1.807) is 0 Å². The summed E-state index contributed by atoms with van der Waals surface area (Å²) in [4.78, 5) is 12.3. The summed E-state index contributed by atoms with van der Waals surface area (Å²) in [6.45, 7) is 4.15. The minimum absolute atomic E-state index is 0.146. The minimum Gasteiger partial charge on any atom is -0.394 e. The van der Waals surface area contributed by atoms with Gasteiger partial charge in [-0.25, -0.2) is 0 Å². The van der Waals surface area contributed by atoms with Crippen molar-refractivity contribution in [1.82, 2.24) is 5.32 Å². The number of carbonyl (C=O) groups excluding carboxylic acids is 1. The predicted molar refractivity (Wildman–Crippen MR) is 172 cm³/mol. The first-order valence-electron chi connectivity index (χ1n) is 17.8. The van der Waals surface area contributed by atoms with E-state index >= 15 is 0 Å². The highest BCUT2D eigenvalue weighted by molar-refractivity contribution is 5.76. The number of hydrogen-bond acceptors (Lipinski definition) is 4. The highest BCUT2D eigenvalue weighted by atomic mass is 16.3. The van der Waals surface area contributed by atoms with E-state index in [0.29, 0.717) is 12.8 Å². The molecular formula is C35H71NO4. The Bertz CT molecular complexity index is 516. The maximum Gasteiger partial charge on any atom is 0.220 e. The normalized spacial score (nSPS) is 13.8. The van der Waals surface area contributed by atoms with Crippen LogP contribution >= 0.6 is 0 Å². The molecule has 0 fully saturated rings. The molecule has 240 valence electrons. The van der Waals surface area contributed by atoms with Gasteiger partial charge in [0.15, 0.2) is 0 Å². The lowest BCUT2D eigenvalue weighted by Crippen LogP contribution is -2.50. The number of aliphatic hydroxyl groups is 3. The van der Waals surface area contributed by atoms with Gasteiger partial charge in [-0.05, 0) is 12.8 Å². The number of rotatable bonds is 32. The van der Waals surface area contributed by atoms with Crippen LogP contribution < -0.4 is 5.32 Å². The fourth-order valence-corrected chi connectivity index (χ4v) is 5.63. The third-order valence-corrected chi connectivity index (χ3v) is 8.46. The molecule has 5 nitrogen and oxygen atoms in total.